The molecule has 0 radical (unpaired) electrons. The average molecular weight is 304 g/mol. The summed E-state index contributed by atoms with van der Waals surface area (Å²) in [5.41, 5.74) is 0. The Labute approximate surface area is 116 Å². The summed E-state index contributed by atoms with van der Waals surface area (Å²) in [7, 11) is -2.31. The Morgan fingerprint density at radius 1 is 1.58 bits per heavy atom. The molecule has 1 amide bonds. The maximum absolute atomic E-state index is 12.5. The molecular formula is C11H14ClN3O3S. The van der Waals surface area contributed by atoms with Crippen LogP contribution in [0.2, 0.25) is 5.15 Å². The van der Waals surface area contributed by atoms with Gasteiger partial charge in [0.1, 0.15) is 16.1 Å². The summed E-state index contributed by atoms with van der Waals surface area (Å²) in [5.74, 6) is -0.305. The molecule has 1 fully saturated rings. The SMILES string of the molecule is CNC(=O)C1CCCN1S(=O)(=O)c1cccnc1Cl. The normalized spacial score (nSPS) is 20.4. The first-order valence-corrected chi connectivity index (χ1v) is 7.64. The lowest BCUT2D eigenvalue weighted by atomic mass is 10.2. The van der Waals surface area contributed by atoms with Crippen molar-refractivity contribution in [2.75, 3.05) is 13.6 Å². The van der Waals surface area contributed by atoms with Gasteiger partial charge in [-0.3, -0.25) is 4.79 Å². The average Bonchev–Trinajstić information content (AvgIpc) is 2.88. The van der Waals surface area contributed by atoms with E-state index in [9.17, 15) is 13.2 Å². The van der Waals surface area contributed by atoms with E-state index in [2.05, 4.69) is 10.3 Å². The molecule has 1 aromatic rings. The molecule has 1 N–H and O–H groups in total. The van der Waals surface area contributed by atoms with E-state index in [0.717, 1.165) is 0 Å². The number of carbonyl (C=O) groups excluding carboxylic acids is 1. The molecule has 0 aromatic carbocycles. The summed E-state index contributed by atoms with van der Waals surface area (Å²) < 4.78 is 26.2. The summed E-state index contributed by atoms with van der Waals surface area (Å²) >= 11 is 5.83. The number of likely N-dealkylation sites (N-methyl/N-ethyl adjacent to an activating group) is 1. The lowest BCUT2D eigenvalue weighted by Gasteiger charge is -2.22. The van der Waals surface area contributed by atoms with Gasteiger partial charge < -0.3 is 5.32 Å². The lowest BCUT2D eigenvalue weighted by molar-refractivity contribution is -0.123. The van der Waals surface area contributed by atoms with Gasteiger partial charge in [-0.15, -0.1) is 0 Å². The number of amides is 1. The summed E-state index contributed by atoms with van der Waals surface area (Å²) in [6.45, 7) is 0.311. The molecule has 0 aliphatic carbocycles. The van der Waals surface area contributed by atoms with Crippen molar-refractivity contribution in [1.29, 1.82) is 0 Å². The van der Waals surface area contributed by atoms with Crippen LogP contribution in [0, 0.1) is 0 Å². The van der Waals surface area contributed by atoms with Crippen molar-refractivity contribution in [3.63, 3.8) is 0 Å². The highest BCUT2D eigenvalue weighted by Crippen LogP contribution is 2.28. The number of halogens is 1. The van der Waals surface area contributed by atoms with E-state index in [-0.39, 0.29) is 16.0 Å². The maximum Gasteiger partial charge on any atom is 0.246 e. The van der Waals surface area contributed by atoms with Crippen LogP contribution in [0.5, 0.6) is 0 Å². The zero-order chi connectivity index (χ0) is 14.0. The second-order valence-electron chi connectivity index (χ2n) is 4.18. The Morgan fingerprint density at radius 2 is 2.32 bits per heavy atom. The molecule has 1 atom stereocenters. The number of nitrogens with one attached hydrogen (secondary N) is 1. The molecule has 19 heavy (non-hydrogen) atoms. The minimum absolute atomic E-state index is 0.0625. The molecule has 1 aromatic heterocycles. The predicted molar refractivity (Wildman–Crippen MR) is 70.2 cm³/mol. The van der Waals surface area contributed by atoms with Crippen LogP contribution in [0.25, 0.3) is 0 Å². The zero-order valence-electron chi connectivity index (χ0n) is 10.3. The van der Waals surface area contributed by atoms with Crippen LogP contribution in [0.15, 0.2) is 23.2 Å². The number of hydrogen-bond donors (Lipinski definition) is 1. The summed E-state index contributed by atoms with van der Waals surface area (Å²) in [4.78, 5) is 15.4. The van der Waals surface area contributed by atoms with Crippen LogP contribution in [-0.4, -0.2) is 43.2 Å². The molecule has 0 bridgehead atoms. The number of hydrogen-bond acceptors (Lipinski definition) is 4. The third kappa shape index (κ3) is 2.58. The summed E-state index contributed by atoms with van der Waals surface area (Å²) in [5, 5.41) is 2.40. The smallest absolute Gasteiger partial charge is 0.246 e. The van der Waals surface area contributed by atoms with Gasteiger partial charge in [-0.1, -0.05) is 11.6 Å². The van der Waals surface area contributed by atoms with Crippen LogP contribution in [-0.2, 0) is 14.8 Å². The predicted octanol–water partition coefficient (Wildman–Crippen LogP) is 0.634. The summed E-state index contributed by atoms with van der Waals surface area (Å²) in [6.07, 6.45) is 2.58. The number of aromatic nitrogens is 1. The molecule has 6 nitrogen and oxygen atoms in total. The number of pyridine rings is 1. The van der Waals surface area contributed by atoms with E-state index in [1.807, 2.05) is 0 Å². The molecule has 1 aliphatic rings. The molecule has 1 aliphatic heterocycles. The molecule has 1 unspecified atom stereocenters. The number of nitrogens with zero attached hydrogens (tertiary/aromatic N) is 2. The molecule has 0 spiro atoms. The van der Waals surface area contributed by atoms with E-state index in [4.69, 9.17) is 11.6 Å². The first-order chi connectivity index (χ1) is 8.98. The van der Waals surface area contributed by atoms with Crippen LogP contribution in [0.1, 0.15) is 12.8 Å². The molecule has 8 heteroatoms. The third-order valence-electron chi connectivity index (χ3n) is 3.06. The van der Waals surface area contributed by atoms with Gasteiger partial charge in [-0.2, -0.15) is 4.31 Å². The molecular weight excluding hydrogens is 290 g/mol. The Bertz CT molecular complexity index is 591. The Hall–Kier alpha value is -1.18. The van der Waals surface area contributed by atoms with Crippen molar-refractivity contribution in [1.82, 2.24) is 14.6 Å². The first kappa shape index (κ1) is 14.2. The number of carbonyl (C=O) groups is 1. The van der Waals surface area contributed by atoms with Crippen molar-refractivity contribution >= 4 is 27.5 Å². The van der Waals surface area contributed by atoms with Crippen molar-refractivity contribution in [3.8, 4) is 0 Å². The highest BCUT2D eigenvalue weighted by molar-refractivity contribution is 7.89. The fourth-order valence-corrected chi connectivity index (χ4v) is 4.23. The van der Waals surface area contributed by atoms with Crippen LogP contribution in [0.4, 0.5) is 0 Å². The van der Waals surface area contributed by atoms with E-state index < -0.39 is 16.1 Å². The van der Waals surface area contributed by atoms with Crippen molar-refractivity contribution in [3.05, 3.63) is 23.5 Å². The third-order valence-corrected chi connectivity index (χ3v) is 5.42. The van der Waals surface area contributed by atoms with Crippen LogP contribution in [0.3, 0.4) is 0 Å². The van der Waals surface area contributed by atoms with Gasteiger partial charge in [0.25, 0.3) is 0 Å². The standard InChI is InChI=1S/C11H14ClN3O3S/c1-13-11(16)8-4-3-7-15(8)19(17,18)9-5-2-6-14-10(9)12/h2,5-6,8H,3-4,7H2,1H3,(H,13,16). The number of sulfonamides is 1. The largest absolute Gasteiger partial charge is 0.358 e. The van der Waals surface area contributed by atoms with E-state index >= 15 is 0 Å². The van der Waals surface area contributed by atoms with Gasteiger partial charge in [-0.25, -0.2) is 13.4 Å². The molecule has 0 saturated carbocycles. The quantitative estimate of drug-likeness (QED) is 0.831. The highest BCUT2D eigenvalue weighted by Gasteiger charge is 2.39. The minimum Gasteiger partial charge on any atom is -0.358 e. The van der Waals surface area contributed by atoms with Crippen LogP contribution < -0.4 is 5.32 Å². The Kier molecular flexibility index (Phi) is 4.07. The van der Waals surface area contributed by atoms with E-state index in [0.29, 0.717) is 19.4 Å². The Morgan fingerprint density at radius 3 is 2.95 bits per heavy atom. The van der Waals surface area contributed by atoms with Crippen molar-refractivity contribution in [2.24, 2.45) is 0 Å². The fourth-order valence-electron chi connectivity index (χ4n) is 2.15. The molecule has 104 valence electrons. The Balaban J connectivity index is 2.40. The second kappa shape index (κ2) is 5.44. The van der Waals surface area contributed by atoms with E-state index in [1.54, 1.807) is 0 Å². The lowest BCUT2D eigenvalue weighted by Crippen LogP contribution is -2.44. The maximum atomic E-state index is 12.5. The fraction of sp³-hybridized carbons (Fsp3) is 0.455. The van der Waals surface area contributed by atoms with Gasteiger partial charge >= 0.3 is 0 Å². The van der Waals surface area contributed by atoms with Gasteiger partial charge in [0, 0.05) is 19.8 Å². The van der Waals surface area contributed by atoms with Gasteiger partial charge in [0.2, 0.25) is 15.9 Å². The summed E-state index contributed by atoms with van der Waals surface area (Å²) in [6, 6.07) is 2.22. The highest BCUT2D eigenvalue weighted by atomic mass is 35.5. The molecule has 2 heterocycles. The van der Waals surface area contributed by atoms with Gasteiger partial charge in [0.15, 0.2) is 0 Å². The monoisotopic (exact) mass is 303 g/mol. The number of rotatable bonds is 3. The van der Waals surface area contributed by atoms with Gasteiger partial charge in [0.05, 0.1) is 0 Å². The van der Waals surface area contributed by atoms with Crippen molar-refractivity contribution in [2.45, 2.75) is 23.8 Å². The zero-order valence-corrected chi connectivity index (χ0v) is 11.9. The first-order valence-electron chi connectivity index (χ1n) is 5.82. The van der Waals surface area contributed by atoms with Crippen molar-refractivity contribution < 1.29 is 13.2 Å². The minimum atomic E-state index is -3.80. The van der Waals surface area contributed by atoms with E-state index in [1.165, 1.54) is 29.7 Å². The molecule has 1 saturated heterocycles. The molecule has 2 rings (SSSR count). The van der Waals surface area contributed by atoms with Crippen LogP contribution >= 0.6 is 11.6 Å². The van der Waals surface area contributed by atoms with Gasteiger partial charge in [-0.05, 0) is 25.0 Å². The topological polar surface area (TPSA) is 79.4 Å². The second-order valence-corrected chi connectivity index (χ2v) is 6.40.